The first-order valence-electron chi connectivity index (χ1n) is 6.76. The fourth-order valence-electron chi connectivity index (χ4n) is 2.38. The number of carboxylic acid groups (broad SMARTS) is 1. The summed E-state index contributed by atoms with van der Waals surface area (Å²) < 4.78 is 0. The van der Waals surface area contributed by atoms with Crippen molar-refractivity contribution >= 4 is 5.97 Å². The van der Waals surface area contributed by atoms with Crippen molar-refractivity contribution in [3.05, 3.63) is 35.4 Å². The third-order valence-electron chi connectivity index (χ3n) is 3.41. The van der Waals surface area contributed by atoms with Gasteiger partial charge in [-0.05, 0) is 42.9 Å². The topological polar surface area (TPSA) is 49.3 Å². The van der Waals surface area contributed by atoms with Gasteiger partial charge in [0.05, 0.1) is 6.42 Å². The monoisotopic (exact) mass is 247 g/mol. The Hall–Kier alpha value is -1.35. The molecule has 1 unspecified atom stereocenters. The van der Waals surface area contributed by atoms with Crippen LogP contribution < -0.4 is 5.32 Å². The number of carbonyl (C=O) groups is 1. The highest BCUT2D eigenvalue weighted by molar-refractivity contribution is 5.68. The molecule has 18 heavy (non-hydrogen) atoms. The zero-order valence-corrected chi connectivity index (χ0v) is 10.9. The van der Waals surface area contributed by atoms with E-state index < -0.39 is 5.97 Å². The summed E-state index contributed by atoms with van der Waals surface area (Å²) in [6, 6.07) is 8.22. The largest absolute Gasteiger partial charge is 0.481 e. The van der Waals surface area contributed by atoms with Crippen molar-refractivity contribution in [2.45, 2.75) is 44.6 Å². The number of rotatable bonds is 7. The molecular formula is C15H21NO2. The minimum atomic E-state index is -0.741. The molecule has 0 bridgehead atoms. The number of hydrogen-bond acceptors (Lipinski definition) is 2. The summed E-state index contributed by atoms with van der Waals surface area (Å²) in [6.45, 7) is 2.95. The maximum absolute atomic E-state index is 11.0. The van der Waals surface area contributed by atoms with E-state index in [9.17, 15) is 4.79 Å². The van der Waals surface area contributed by atoms with E-state index in [-0.39, 0.29) is 12.5 Å². The van der Waals surface area contributed by atoms with Crippen molar-refractivity contribution in [3.63, 3.8) is 0 Å². The highest BCUT2D eigenvalue weighted by Crippen LogP contribution is 2.43. The number of benzene rings is 1. The Kier molecular flexibility index (Phi) is 4.37. The van der Waals surface area contributed by atoms with Gasteiger partial charge in [-0.25, -0.2) is 0 Å². The van der Waals surface area contributed by atoms with Gasteiger partial charge in [-0.1, -0.05) is 31.2 Å². The van der Waals surface area contributed by atoms with Crippen LogP contribution in [0, 0.1) is 0 Å². The third-order valence-corrected chi connectivity index (χ3v) is 3.41. The molecule has 0 aromatic heterocycles. The van der Waals surface area contributed by atoms with Crippen LogP contribution in [-0.2, 0) is 4.79 Å². The highest BCUT2D eigenvalue weighted by Gasteiger charge is 2.28. The molecule has 0 heterocycles. The zero-order valence-electron chi connectivity index (χ0n) is 10.9. The molecule has 2 rings (SSSR count). The highest BCUT2D eigenvalue weighted by atomic mass is 16.4. The van der Waals surface area contributed by atoms with Crippen molar-refractivity contribution in [2.75, 3.05) is 6.54 Å². The van der Waals surface area contributed by atoms with E-state index in [1.54, 1.807) is 0 Å². The molecule has 3 heteroatoms. The summed E-state index contributed by atoms with van der Waals surface area (Å²) in [4.78, 5) is 11.0. The second kappa shape index (κ2) is 6.01. The van der Waals surface area contributed by atoms with Crippen molar-refractivity contribution < 1.29 is 9.90 Å². The predicted molar refractivity (Wildman–Crippen MR) is 71.7 cm³/mol. The van der Waals surface area contributed by atoms with Gasteiger partial charge in [-0.2, -0.15) is 0 Å². The van der Waals surface area contributed by atoms with Crippen LogP contribution >= 0.6 is 0 Å². The van der Waals surface area contributed by atoms with Crippen LogP contribution in [0.15, 0.2) is 24.3 Å². The Morgan fingerprint density at radius 3 is 2.78 bits per heavy atom. The molecule has 3 nitrogen and oxygen atoms in total. The molecular weight excluding hydrogens is 226 g/mol. The van der Waals surface area contributed by atoms with Crippen molar-refractivity contribution in [1.82, 2.24) is 5.32 Å². The standard InChI is InChI=1S/C15H21NO2/c1-2-9-16-14(10-15(17)18)13-6-4-3-5-12(13)11-7-8-11/h3-6,11,14,16H,2,7-10H2,1H3,(H,17,18). The van der Waals surface area contributed by atoms with Crippen LogP contribution in [0.3, 0.4) is 0 Å². The summed E-state index contributed by atoms with van der Waals surface area (Å²) in [5, 5.41) is 12.4. The summed E-state index contributed by atoms with van der Waals surface area (Å²) in [5.74, 6) is -0.0878. The van der Waals surface area contributed by atoms with Crippen molar-refractivity contribution in [1.29, 1.82) is 0 Å². The number of carboxylic acids is 1. The first-order valence-corrected chi connectivity index (χ1v) is 6.76. The molecule has 1 atom stereocenters. The van der Waals surface area contributed by atoms with Crippen molar-refractivity contribution in [3.8, 4) is 0 Å². The Bertz CT molecular complexity index is 413. The number of hydrogen-bond donors (Lipinski definition) is 2. The minimum Gasteiger partial charge on any atom is -0.481 e. The number of nitrogens with one attached hydrogen (secondary N) is 1. The fourth-order valence-corrected chi connectivity index (χ4v) is 2.38. The van der Waals surface area contributed by atoms with Gasteiger partial charge in [0.1, 0.15) is 0 Å². The van der Waals surface area contributed by atoms with E-state index in [2.05, 4.69) is 30.4 Å². The van der Waals surface area contributed by atoms with Crippen LogP contribution in [-0.4, -0.2) is 17.6 Å². The maximum atomic E-state index is 11.0. The molecule has 1 saturated carbocycles. The van der Waals surface area contributed by atoms with Crippen LogP contribution in [0.1, 0.15) is 55.7 Å². The molecule has 0 saturated heterocycles. The molecule has 1 aliphatic carbocycles. The first kappa shape index (κ1) is 13.1. The van der Waals surface area contributed by atoms with Crippen LogP contribution in [0.5, 0.6) is 0 Å². The third kappa shape index (κ3) is 3.33. The molecule has 0 radical (unpaired) electrons. The molecule has 98 valence electrons. The Morgan fingerprint density at radius 1 is 1.44 bits per heavy atom. The molecule has 1 aromatic rings. The van der Waals surface area contributed by atoms with Gasteiger partial charge in [0.15, 0.2) is 0 Å². The van der Waals surface area contributed by atoms with Gasteiger partial charge < -0.3 is 10.4 Å². The zero-order chi connectivity index (χ0) is 13.0. The van der Waals surface area contributed by atoms with Crippen LogP contribution in [0.25, 0.3) is 0 Å². The summed E-state index contributed by atoms with van der Waals surface area (Å²) >= 11 is 0. The van der Waals surface area contributed by atoms with E-state index >= 15 is 0 Å². The van der Waals surface area contributed by atoms with E-state index in [0.717, 1.165) is 13.0 Å². The van der Waals surface area contributed by atoms with Crippen molar-refractivity contribution in [2.24, 2.45) is 0 Å². The smallest absolute Gasteiger partial charge is 0.305 e. The molecule has 1 aromatic carbocycles. The second-order valence-electron chi connectivity index (χ2n) is 5.01. The summed E-state index contributed by atoms with van der Waals surface area (Å²) in [6.07, 6.45) is 3.65. The predicted octanol–water partition coefficient (Wildman–Crippen LogP) is 3.08. The van der Waals surface area contributed by atoms with E-state index in [0.29, 0.717) is 5.92 Å². The van der Waals surface area contributed by atoms with Crippen LogP contribution in [0.4, 0.5) is 0 Å². The van der Waals surface area contributed by atoms with E-state index in [4.69, 9.17) is 5.11 Å². The van der Waals surface area contributed by atoms with Gasteiger partial charge in [0, 0.05) is 6.04 Å². The molecule has 0 amide bonds. The lowest BCUT2D eigenvalue weighted by atomic mass is 9.95. The molecule has 0 aliphatic heterocycles. The van der Waals surface area contributed by atoms with E-state index in [1.165, 1.54) is 24.0 Å². The lowest BCUT2D eigenvalue weighted by Gasteiger charge is -2.20. The van der Waals surface area contributed by atoms with Gasteiger partial charge in [0.25, 0.3) is 0 Å². The summed E-state index contributed by atoms with van der Waals surface area (Å²) in [7, 11) is 0. The van der Waals surface area contributed by atoms with Crippen LogP contribution in [0.2, 0.25) is 0 Å². The molecule has 1 fully saturated rings. The minimum absolute atomic E-state index is 0.0563. The number of aliphatic carboxylic acids is 1. The maximum Gasteiger partial charge on any atom is 0.305 e. The molecule has 1 aliphatic rings. The first-order chi connectivity index (χ1) is 8.72. The van der Waals surface area contributed by atoms with Gasteiger partial charge in [-0.15, -0.1) is 0 Å². The lowest BCUT2D eigenvalue weighted by molar-refractivity contribution is -0.137. The Morgan fingerprint density at radius 2 is 2.17 bits per heavy atom. The average molecular weight is 247 g/mol. The van der Waals surface area contributed by atoms with Gasteiger partial charge >= 0.3 is 5.97 Å². The SMILES string of the molecule is CCCNC(CC(=O)O)c1ccccc1C1CC1. The normalized spacial score (nSPS) is 16.5. The van der Waals surface area contributed by atoms with Gasteiger partial charge in [0.2, 0.25) is 0 Å². The van der Waals surface area contributed by atoms with Gasteiger partial charge in [-0.3, -0.25) is 4.79 Å². The lowest BCUT2D eigenvalue weighted by Crippen LogP contribution is -2.25. The molecule has 0 spiro atoms. The Labute approximate surface area is 108 Å². The fraction of sp³-hybridized carbons (Fsp3) is 0.533. The molecule has 2 N–H and O–H groups in total. The summed E-state index contributed by atoms with van der Waals surface area (Å²) in [5.41, 5.74) is 2.52. The van der Waals surface area contributed by atoms with E-state index in [1.807, 2.05) is 6.07 Å². The Balaban J connectivity index is 2.19. The second-order valence-corrected chi connectivity index (χ2v) is 5.01. The quantitative estimate of drug-likeness (QED) is 0.778. The average Bonchev–Trinajstić information content (AvgIpc) is 3.18.